The fourth-order valence-electron chi connectivity index (χ4n) is 6.62. The molecule has 2 aromatic heterocycles. The number of nitrogens with zero attached hydrogens (tertiary/aromatic N) is 6. The van der Waals surface area contributed by atoms with Crippen molar-refractivity contribution in [3.05, 3.63) is 83.4 Å². The zero-order chi connectivity index (χ0) is 36.9. The molecular weight excluding hydrogens is 642 g/mol. The number of allylic oxidation sites excluding steroid dienone is 1. The van der Waals surface area contributed by atoms with Gasteiger partial charge in [0.25, 0.3) is 0 Å². The lowest BCUT2D eigenvalue weighted by Crippen LogP contribution is -2.51. The first-order valence-electron chi connectivity index (χ1n) is 17.9. The summed E-state index contributed by atoms with van der Waals surface area (Å²) in [6.45, 7) is 11.9. The Morgan fingerprint density at radius 2 is 1.78 bits per heavy atom. The number of hydrogen-bond acceptors (Lipinski definition) is 8. The molecule has 1 fully saturated rings. The Kier molecular flexibility index (Phi) is 11.7. The molecule has 1 aliphatic heterocycles. The number of carbonyl (C=O) groups is 1. The van der Waals surface area contributed by atoms with Crippen LogP contribution in [0.3, 0.4) is 0 Å². The minimum absolute atomic E-state index is 0.232. The number of nitrogens with one attached hydrogen (secondary N) is 4. The summed E-state index contributed by atoms with van der Waals surface area (Å²) < 4.78 is 9.99. The van der Waals surface area contributed by atoms with Gasteiger partial charge in [-0.05, 0) is 83.3 Å². The summed E-state index contributed by atoms with van der Waals surface area (Å²) >= 11 is 0. The number of ether oxygens (including phenoxy) is 1. The van der Waals surface area contributed by atoms with Gasteiger partial charge < -0.3 is 25.6 Å². The number of likely N-dealkylation sites (N-methyl/N-ethyl adjacent to an activating group) is 1. The van der Waals surface area contributed by atoms with E-state index in [4.69, 9.17) is 26.3 Å². The number of hydrogen-bond donors (Lipinski definition) is 5. The number of rotatable bonds is 8. The average molecular weight is 698 g/mol. The number of benzene rings is 1. The number of nitrogens with two attached hydrogens (primary N) is 1. The molecule has 1 aliphatic carbocycles. The Morgan fingerprint density at radius 3 is 2.47 bits per heavy atom. The average Bonchev–Trinajstić information content (AvgIpc) is 3.52. The molecule has 4 unspecified atom stereocenters. The first-order chi connectivity index (χ1) is 24.2. The van der Waals surface area contributed by atoms with Gasteiger partial charge in [-0.3, -0.25) is 25.4 Å². The van der Waals surface area contributed by atoms with E-state index in [-0.39, 0.29) is 35.1 Å². The van der Waals surface area contributed by atoms with E-state index in [9.17, 15) is 4.79 Å². The Labute approximate surface area is 301 Å². The van der Waals surface area contributed by atoms with Gasteiger partial charge in [0.2, 0.25) is 5.96 Å². The molecule has 3 heterocycles. The lowest BCUT2D eigenvalue weighted by Gasteiger charge is -2.41. The van der Waals surface area contributed by atoms with Crippen LogP contribution in [0.15, 0.2) is 71.8 Å². The molecule has 51 heavy (non-hydrogen) atoms. The van der Waals surface area contributed by atoms with Crippen LogP contribution in [0.2, 0.25) is 0 Å². The second-order valence-electron chi connectivity index (χ2n) is 15.1. The number of piperidine rings is 1. The molecular formula is C38H55N11O2. The second-order valence-corrected chi connectivity index (χ2v) is 15.1. The van der Waals surface area contributed by atoms with Crippen LogP contribution in [0.4, 0.5) is 10.5 Å². The number of carbonyl (C=O) groups excluding carboxylic acids is 1. The number of urea groups is 1. The molecule has 13 heteroatoms. The number of likely N-dealkylation sites (tertiary alicyclic amines) is 1. The predicted octanol–water partition coefficient (Wildman–Crippen LogP) is 5.64. The van der Waals surface area contributed by atoms with E-state index < -0.39 is 6.03 Å². The number of fused-ring (bicyclic) bond motifs is 1. The summed E-state index contributed by atoms with van der Waals surface area (Å²) in [6, 6.07) is 11.3. The summed E-state index contributed by atoms with van der Waals surface area (Å²) in [6.07, 6.45) is 11.2. The van der Waals surface area contributed by atoms with Crippen molar-refractivity contribution in [1.82, 2.24) is 34.8 Å². The Morgan fingerprint density at radius 1 is 1.08 bits per heavy atom. The summed E-state index contributed by atoms with van der Waals surface area (Å²) in [7, 11) is 4.02. The van der Waals surface area contributed by atoms with Crippen LogP contribution in [0.25, 0.3) is 0 Å². The predicted molar refractivity (Wildman–Crippen MR) is 201 cm³/mol. The van der Waals surface area contributed by atoms with Crippen molar-refractivity contribution in [2.45, 2.75) is 97.5 Å². The van der Waals surface area contributed by atoms with Gasteiger partial charge >= 0.3 is 6.03 Å². The molecule has 0 radical (unpaired) electrons. The maximum absolute atomic E-state index is 13.5. The van der Waals surface area contributed by atoms with E-state index in [2.05, 4.69) is 39.4 Å². The zero-order valence-electron chi connectivity index (χ0n) is 31.1. The normalized spacial score (nSPS) is 21.3. The van der Waals surface area contributed by atoms with Gasteiger partial charge in [0.05, 0.1) is 31.2 Å². The number of aromatic nitrogens is 3. The van der Waals surface area contributed by atoms with Crippen LogP contribution in [-0.2, 0) is 6.54 Å². The van der Waals surface area contributed by atoms with Crippen molar-refractivity contribution in [2.24, 2.45) is 16.1 Å². The van der Waals surface area contributed by atoms with E-state index in [1.165, 1.54) is 0 Å². The highest BCUT2D eigenvalue weighted by Gasteiger charge is 2.31. The van der Waals surface area contributed by atoms with Crippen molar-refractivity contribution >= 4 is 23.5 Å². The van der Waals surface area contributed by atoms with Crippen LogP contribution in [-0.4, -0.2) is 74.7 Å². The van der Waals surface area contributed by atoms with Crippen LogP contribution in [0, 0.1) is 16.2 Å². The minimum atomic E-state index is -0.391. The third kappa shape index (κ3) is 9.46. The molecule has 6 N–H and O–H groups in total. The van der Waals surface area contributed by atoms with Gasteiger partial charge in [0, 0.05) is 35.8 Å². The second kappa shape index (κ2) is 16.0. The van der Waals surface area contributed by atoms with Crippen LogP contribution in [0.5, 0.6) is 5.75 Å². The van der Waals surface area contributed by atoms with Gasteiger partial charge in [-0.25, -0.2) is 9.79 Å². The highest BCUT2D eigenvalue weighted by Crippen LogP contribution is 2.38. The highest BCUT2D eigenvalue weighted by atomic mass is 16.5. The third-order valence-corrected chi connectivity index (χ3v) is 9.65. The smallest absolute Gasteiger partial charge is 0.320 e. The lowest BCUT2D eigenvalue weighted by molar-refractivity contribution is 0.169. The van der Waals surface area contributed by atoms with Crippen LogP contribution >= 0.6 is 0 Å². The quantitative estimate of drug-likeness (QED) is 0.151. The molecule has 5 rings (SSSR count). The molecule has 4 atom stereocenters. The zero-order valence-corrected chi connectivity index (χ0v) is 31.1. The van der Waals surface area contributed by atoms with Gasteiger partial charge in [-0.15, -0.1) is 0 Å². The largest absolute Gasteiger partial charge is 0.484 e. The van der Waals surface area contributed by atoms with Crippen molar-refractivity contribution in [3.63, 3.8) is 0 Å². The van der Waals surface area contributed by atoms with Gasteiger partial charge in [0.15, 0.2) is 0 Å². The molecule has 1 aromatic carbocycles. The van der Waals surface area contributed by atoms with E-state index in [0.717, 1.165) is 36.9 Å². The van der Waals surface area contributed by atoms with Crippen molar-refractivity contribution in [1.29, 1.82) is 10.8 Å². The van der Waals surface area contributed by atoms with E-state index in [0.29, 0.717) is 48.3 Å². The molecule has 0 saturated carbocycles. The molecule has 2 aliphatic rings. The Balaban J connectivity index is 1.31. The monoisotopic (exact) mass is 697 g/mol. The maximum Gasteiger partial charge on any atom is 0.320 e. The fraction of sp³-hybridized carbons (Fsp3) is 0.500. The molecule has 13 nitrogen and oxygen atoms in total. The Hall–Kier alpha value is -4.91. The summed E-state index contributed by atoms with van der Waals surface area (Å²) in [5, 5.41) is 28.1. The van der Waals surface area contributed by atoms with Crippen molar-refractivity contribution in [2.75, 3.05) is 20.6 Å². The summed E-state index contributed by atoms with van der Waals surface area (Å²) in [5.74, 6) is 1.21. The first kappa shape index (κ1) is 37.3. The molecule has 2 amide bonds. The lowest BCUT2D eigenvalue weighted by atomic mass is 9.85. The number of amides is 2. The first-order valence-corrected chi connectivity index (χ1v) is 17.9. The van der Waals surface area contributed by atoms with Crippen LogP contribution in [0.1, 0.15) is 90.0 Å². The molecule has 274 valence electrons. The molecule has 3 aromatic rings. The topological polar surface area (TPSA) is 166 Å². The molecule has 0 spiro atoms. The fourth-order valence-corrected chi connectivity index (χ4v) is 6.62. The van der Waals surface area contributed by atoms with Crippen molar-refractivity contribution in [3.8, 4) is 5.75 Å². The van der Waals surface area contributed by atoms with Gasteiger partial charge in [-0.1, -0.05) is 45.0 Å². The summed E-state index contributed by atoms with van der Waals surface area (Å²) in [4.78, 5) is 22.4. The standard InChI is InChI=1S/C38H55N11O2/c1-25-11-10-12-26(2)49(25)36(41)48-24-28(15-18-34(48)40)51-32-17-16-31(29-13-8-9-14-30(29)32)44-37(50)45-35(21-33(39)38(3,4)5)43-27-22-42-47(23-27)20-19-46(6)7/h8-9,13-15,18,21-26,31-32,40-41H,10-12,16-17,19-20,39H2,1-7H3,(H2,43,44,45,50)/b33-21-,40-34?,41-36?. The van der Waals surface area contributed by atoms with Crippen LogP contribution < -0.4 is 26.6 Å². The van der Waals surface area contributed by atoms with Crippen molar-refractivity contribution < 1.29 is 9.53 Å². The van der Waals surface area contributed by atoms with Gasteiger partial charge in [0.1, 0.15) is 28.9 Å². The van der Waals surface area contributed by atoms with E-state index in [1.807, 2.05) is 70.0 Å². The van der Waals surface area contributed by atoms with E-state index in [1.54, 1.807) is 35.2 Å². The maximum atomic E-state index is 13.5. The number of amidine groups is 1. The summed E-state index contributed by atoms with van der Waals surface area (Å²) in [5.41, 5.74) is 9.49. The minimum Gasteiger partial charge on any atom is -0.484 e. The van der Waals surface area contributed by atoms with Gasteiger partial charge in [-0.2, -0.15) is 5.10 Å². The Bertz CT molecular complexity index is 1810. The molecule has 1 saturated heterocycles. The number of aliphatic imine (C=N–C) groups is 1. The third-order valence-electron chi connectivity index (χ3n) is 9.65. The van der Waals surface area contributed by atoms with E-state index >= 15 is 0 Å². The molecule has 0 bridgehead atoms. The number of pyridine rings is 1. The highest BCUT2D eigenvalue weighted by molar-refractivity contribution is 6.05. The SMILES string of the molecule is CC1CCCC(C)N1C(=N)n1cc(OC2CCC(NC(=O)NC(/C=C(\N)C(C)(C)C)=Nc3cnn(CCN(C)C)c3)c3ccccc32)ccc1=N.